The first-order valence-electron chi connectivity index (χ1n) is 8.94. The van der Waals surface area contributed by atoms with E-state index in [1.807, 2.05) is 12.1 Å². The molecular formula is C19H34IN3O3. The summed E-state index contributed by atoms with van der Waals surface area (Å²) in [6.07, 6.45) is 0.993. The van der Waals surface area contributed by atoms with Gasteiger partial charge in [0.25, 0.3) is 0 Å². The summed E-state index contributed by atoms with van der Waals surface area (Å²) in [5, 5.41) is 6.54. The number of benzene rings is 1. The van der Waals surface area contributed by atoms with Crippen LogP contribution < -0.4 is 15.4 Å². The van der Waals surface area contributed by atoms with Crippen LogP contribution in [0.5, 0.6) is 5.75 Å². The summed E-state index contributed by atoms with van der Waals surface area (Å²) in [4.78, 5) is 4.64. The zero-order valence-corrected chi connectivity index (χ0v) is 18.7. The number of nitrogens with one attached hydrogen (secondary N) is 2. The molecule has 1 rings (SSSR count). The normalized spacial score (nSPS) is 12.2. The Bertz CT molecular complexity index is 483. The molecule has 0 amide bonds. The Morgan fingerprint density at radius 2 is 1.81 bits per heavy atom. The average molecular weight is 479 g/mol. The Hall–Kier alpha value is -1.06. The van der Waals surface area contributed by atoms with Crippen molar-refractivity contribution in [2.75, 3.05) is 53.7 Å². The van der Waals surface area contributed by atoms with E-state index in [1.54, 1.807) is 14.2 Å². The Morgan fingerprint density at radius 3 is 2.42 bits per heavy atom. The maximum absolute atomic E-state index is 5.44. The highest BCUT2D eigenvalue weighted by Gasteiger charge is 2.05. The molecule has 7 heteroatoms. The molecule has 0 spiro atoms. The highest BCUT2D eigenvalue weighted by molar-refractivity contribution is 14.0. The third kappa shape index (κ3) is 10.8. The van der Waals surface area contributed by atoms with Crippen LogP contribution in [0.15, 0.2) is 29.3 Å². The fraction of sp³-hybridized carbons (Fsp3) is 0.632. The summed E-state index contributed by atoms with van der Waals surface area (Å²) in [6, 6.07) is 8.25. The van der Waals surface area contributed by atoms with E-state index in [1.165, 1.54) is 5.56 Å². The minimum Gasteiger partial charge on any atom is -0.497 e. The molecule has 2 N–H and O–H groups in total. The predicted molar refractivity (Wildman–Crippen MR) is 118 cm³/mol. The van der Waals surface area contributed by atoms with E-state index in [4.69, 9.17) is 14.2 Å². The van der Waals surface area contributed by atoms with Gasteiger partial charge in [-0.15, -0.1) is 24.0 Å². The van der Waals surface area contributed by atoms with Crippen LogP contribution >= 0.6 is 24.0 Å². The Morgan fingerprint density at radius 1 is 1.08 bits per heavy atom. The highest BCUT2D eigenvalue weighted by atomic mass is 127. The molecule has 150 valence electrons. The van der Waals surface area contributed by atoms with Gasteiger partial charge in [0.1, 0.15) is 5.75 Å². The van der Waals surface area contributed by atoms with Crippen LogP contribution in [0.2, 0.25) is 0 Å². The fourth-order valence-electron chi connectivity index (χ4n) is 2.30. The van der Waals surface area contributed by atoms with Gasteiger partial charge >= 0.3 is 0 Å². The van der Waals surface area contributed by atoms with Crippen molar-refractivity contribution in [1.82, 2.24) is 10.6 Å². The minimum atomic E-state index is 0. The molecule has 0 aliphatic heterocycles. The smallest absolute Gasteiger partial charge is 0.191 e. The first-order valence-corrected chi connectivity index (χ1v) is 8.94. The van der Waals surface area contributed by atoms with Gasteiger partial charge in [-0.2, -0.15) is 0 Å². The SMILES string of the molecule is CCNC(=NCCC(C)c1ccc(OC)cc1)NCCOCCOC.I. The molecule has 1 atom stereocenters. The van der Waals surface area contributed by atoms with Crippen LogP contribution in [0.25, 0.3) is 0 Å². The lowest BCUT2D eigenvalue weighted by Gasteiger charge is -2.13. The molecule has 0 aromatic heterocycles. The number of methoxy groups -OCH3 is 2. The van der Waals surface area contributed by atoms with Gasteiger partial charge in [-0.3, -0.25) is 4.99 Å². The molecule has 1 unspecified atom stereocenters. The molecule has 1 aromatic rings. The molecule has 0 bridgehead atoms. The second kappa shape index (κ2) is 16.1. The van der Waals surface area contributed by atoms with E-state index < -0.39 is 0 Å². The Labute approximate surface area is 175 Å². The quantitative estimate of drug-likeness (QED) is 0.209. The van der Waals surface area contributed by atoms with E-state index in [0.29, 0.717) is 25.7 Å². The third-order valence-corrected chi connectivity index (χ3v) is 3.83. The number of halogens is 1. The Kier molecular flexibility index (Phi) is 15.5. The molecule has 0 aliphatic rings. The second-order valence-electron chi connectivity index (χ2n) is 5.76. The van der Waals surface area contributed by atoms with Crippen LogP contribution in [0.1, 0.15) is 31.7 Å². The van der Waals surface area contributed by atoms with Crippen LogP contribution in [-0.4, -0.2) is 59.6 Å². The maximum Gasteiger partial charge on any atom is 0.191 e. The molecule has 0 heterocycles. The van der Waals surface area contributed by atoms with Crippen molar-refractivity contribution < 1.29 is 14.2 Å². The average Bonchev–Trinajstić information content (AvgIpc) is 2.64. The molecule has 6 nitrogen and oxygen atoms in total. The molecule has 0 radical (unpaired) electrons. The minimum absolute atomic E-state index is 0. The van der Waals surface area contributed by atoms with Crippen LogP contribution in [-0.2, 0) is 9.47 Å². The van der Waals surface area contributed by atoms with Gasteiger partial charge in [-0.1, -0.05) is 19.1 Å². The molecule has 0 saturated heterocycles. The van der Waals surface area contributed by atoms with Crippen LogP contribution in [0, 0.1) is 0 Å². The molecule has 0 saturated carbocycles. The van der Waals surface area contributed by atoms with Crippen LogP contribution in [0.4, 0.5) is 0 Å². The van der Waals surface area contributed by atoms with Crippen molar-refractivity contribution in [3.8, 4) is 5.75 Å². The van der Waals surface area contributed by atoms with E-state index >= 15 is 0 Å². The largest absolute Gasteiger partial charge is 0.497 e. The highest BCUT2D eigenvalue weighted by Crippen LogP contribution is 2.21. The number of rotatable bonds is 12. The molecule has 0 aliphatic carbocycles. The zero-order valence-electron chi connectivity index (χ0n) is 16.4. The number of ether oxygens (including phenoxy) is 3. The molecular weight excluding hydrogens is 445 g/mol. The molecule has 26 heavy (non-hydrogen) atoms. The number of hydrogen-bond donors (Lipinski definition) is 2. The van der Waals surface area contributed by atoms with Gasteiger partial charge < -0.3 is 24.8 Å². The topological polar surface area (TPSA) is 64.1 Å². The van der Waals surface area contributed by atoms with Crippen molar-refractivity contribution >= 4 is 29.9 Å². The summed E-state index contributed by atoms with van der Waals surface area (Å²) in [5.74, 6) is 2.18. The monoisotopic (exact) mass is 479 g/mol. The lowest BCUT2D eigenvalue weighted by Crippen LogP contribution is -2.39. The number of guanidine groups is 1. The van der Waals surface area contributed by atoms with Crippen molar-refractivity contribution in [3.63, 3.8) is 0 Å². The summed E-state index contributed by atoms with van der Waals surface area (Å²) in [7, 11) is 3.36. The summed E-state index contributed by atoms with van der Waals surface area (Å²) >= 11 is 0. The van der Waals surface area contributed by atoms with E-state index in [2.05, 4.69) is 41.6 Å². The van der Waals surface area contributed by atoms with Gasteiger partial charge in [0.05, 0.1) is 26.9 Å². The predicted octanol–water partition coefficient (Wildman–Crippen LogP) is 3.02. The van der Waals surface area contributed by atoms with E-state index in [-0.39, 0.29) is 24.0 Å². The standard InChI is InChI=1S/C19H33N3O3.HI/c1-5-20-19(22-12-13-25-15-14-23-3)21-11-10-16(2)17-6-8-18(24-4)9-7-17;/h6-9,16H,5,10-15H2,1-4H3,(H2,20,21,22);1H. The fourth-order valence-corrected chi connectivity index (χ4v) is 2.30. The van der Waals surface area contributed by atoms with Crippen molar-refractivity contribution in [2.24, 2.45) is 4.99 Å². The first-order chi connectivity index (χ1) is 12.2. The maximum atomic E-state index is 5.44. The number of nitrogens with zero attached hydrogens (tertiary/aromatic N) is 1. The van der Waals surface area contributed by atoms with Gasteiger partial charge in [-0.25, -0.2) is 0 Å². The lowest BCUT2D eigenvalue weighted by molar-refractivity contribution is 0.0733. The first kappa shape index (κ1) is 24.9. The summed E-state index contributed by atoms with van der Waals surface area (Å²) < 4.78 is 15.6. The number of hydrogen-bond acceptors (Lipinski definition) is 4. The second-order valence-corrected chi connectivity index (χ2v) is 5.76. The van der Waals surface area contributed by atoms with Gasteiger partial charge in [0.15, 0.2) is 5.96 Å². The number of aliphatic imine (C=N–C) groups is 1. The summed E-state index contributed by atoms with van der Waals surface area (Å²) in [6.45, 7) is 8.49. The van der Waals surface area contributed by atoms with Gasteiger partial charge in [0, 0.05) is 26.7 Å². The van der Waals surface area contributed by atoms with E-state index in [0.717, 1.165) is 37.8 Å². The third-order valence-electron chi connectivity index (χ3n) is 3.83. The van der Waals surface area contributed by atoms with Gasteiger partial charge in [-0.05, 0) is 37.0 Å². The molecule has 0 fully saturated rings. The Balaban J connectivity index is 0.00000625. The van der Waals surface area contributed by atoms with Crippen LogP contribution in [0.3, 0.4) is 0 Å². The van der Waals surface area contributed by atoms with Crippen molar-refractivity contribution in [3.05, 3.63) is 29.8 Å². The summed E-state index contributed by atoms with van der Waals surface area (Å²) in [5.41, 5.74) is 1.31. The molecule has 1 aromatic carbocycles. The van der Waals surface area contributed by atoms with Crippen molar-refractivity contribution in [1.29, 1.82) is 0 Å². The zero-order chi connectivity index (χ0) is 18.3. The van der Waals surface area contributed by atoms with E-state index in [9.17, 15) is 0 Å². The lowest BCUT2D eigenvalue weighted by atomic mass is 9.98. The van der Waals surface area contributed by atoms with Crippen molar-refractivity contribution in [2.45, 2.75) is 26.2 Å². The van der Waals surface area contributed by atoms with Gasteiger partial charge in [0.2, 0.25) is 0 Å².